The number of amides is 2. The van der Waals surface area contributed by atoms with Crippen molar-refractivity contribution in [3.05, 3.63) is 116 Å². The first-order chi connectivity index (χ1) is 19.4. The van der Waals surface area contributed by atoms with E-state index >= 15 is 0 Å². The number of nitrogens with zero attached hydrogens (tertiary/aromatic N) is 1. The van der Waals surface area contributed by atoms with E-state index in [4.69, 9.17) is 14.2 Å². The smallest absolute Gasteiger partial charge is 0.343 e. The summed E-state index contributed by atoms with van der Waals surface area (Å²) in [6, 6.07) is 23.3. The van der Waals surface area contributed by atoms with Gasteiger partial charge in [-0.1, -0.05) is 40.2 Å². The van der Waals surface area contributed by atoms with E-state index in [-0.39, 0.29) is 24.0 Å². The average Bonchev–Trinajstić information content (AvgIpc) is 3.43. The SMILES string of the molecule is O=C(NN=Cc1cc(Br)cc(Br)c1OC(=O)c1ccccc1)c1cccc(NC(=O)c2ccc3c(c2)OCO3)c1. The van der Waals surface area contributed by atoms with E-state index in [9.17, 15) is 14.4 Å². The molecule has 4 aromatic rings. The van der Waals surface area contributed by atoms with Crippen LogP contribution in [0.25, 0.3) is 0 Å². The first kappa shape index (κ1) is 27.1. The van der Waals surface area contributed by atoms with Gasteiger partial charge in [0.25, 0.3) is 11.8 Å². The molecule has 2 N–H and O–H groups in total. The molecule has 0 atom stereocenters. The Bertz CT molecular complexity index is 1640. The molecule has 0 unspecified atom stereocenters. The summed E-state index contributed by atoms with van der Waals surface area (Å²) in [7, 11) is 0. The number of carbonyl (C=O) groups is 3. The van der Waals surface area contributed by atoms with E-state index in [1.54, 1.807) is 78.9 Å². The molecule has 1 aliphatic rings. The lowest BCUT2D eigenvalue weighted by atomic mass is 10.1. The maximum Gasteiger partial charge on any atom is 0.343 e. The molecule has 9 nitrogen and oxygen atoms in total. The van der Waals surface area contributed by atoms with Gasteiger partial charge in [-0.15, -0.1) is 0 Å². The zero-order valence-electron chi connectivity index (χ0n) is 20.5. The highest BCUT2D eigenvalue weighted by Gasteiger charge is 2.17. The summed E-state index contributed by atoms with van der Waals surface area (Å²) in [6.45, 7) is 0.110. The van der Waals surface area contributed by atoms with Gasteiger partial charge in [0.05, 0.1) is 16.3 Å². The Hall–Kier alpha value is -4.48. The number of carbonyl (C=O) groups excluding carboxylic acids is 3. The number of rotatable bonds is 7. The fourth-order valence-corrected chi connectivity index (χ4v) is 5.05. The van der Waals surface area contributed by atoms with Crippen LogP contribution in [-0.4, -0.2) is 30.8 Å². The van der Waals surface area contributed by atoms with Crippen molar-refractivity contribution in [3.63, 3.8) is 0 Å². The van der Waals surface area contributed by atoms with E-state index in [1.807, 2.05) is 0 Å². The standard InChI is InChI=1S/C29H19Br2N3O6/c30-21-11-20(26(23(31)14-21)40-29(37)17-5-2-1-3-6-17)15-32-34-28(36)18-7-4-8-22(12-18)33-27(35)19-9-10-24-25(13-19)39-16-38-24/h1-15H,16H2,(H,33,35)(H,34,36). The predicted octanol–water partition coefficient (Wildman–Crippen LogP) is 6.18. The lowest BCUT2D eigenvalue weighted by molar-refractivity contribution is 0.0732. The topological polar surface area (TPSA) is 115 Å². The minimum Gasteiger partial charge on any atom is -0.454 e. The maximum absolute atomic E-state index is 12.8. The van der Waals surface area contributed by atoms with Crippen LogP contribution in [0.2, 0.25) is 0 Å². The van der Waals surface area contributed by atoms with Crippen molar-refractivity contribution in [1.29, 1.82) is 0 Å². The molecule has 4 aromatic carbocycles. The molecule has 1 heterocycles. The first-order valence-corrected chi connectivity index (χ1v) is 13.4. The molecule has 200 valence electrons. The van der Waals surface area contributed by atoms with Gasteiger partial charge in [-0.25, -0.2) is 10.2 Å². The van der Waals surface area contributed by atoms with Gasteiger partial charge in [-0.3, -0.25) is 9.59 Å². The van der Waals surface area contributed by atoms with Crippen molar-refractivity contribution in [3.8, 4) is 17.2 Å². The highest BCUT2D eigenvalue weighted by Crippen LogP contribution is 2.33. The average molecular weight is 665 g/mol. The maximum atomic E-state index is 12.8. The van der Waals surface area contributed by atoms with Crippen LogP contribution < -0.4 is 25.0 Å². The second kappa shape index (κ2) is 12.1. The van der Waals surface area contributed by atoms with Gasteiger partial charge in [0, 0.05) is 26.9 Å². The molecule has 0 saturated carbocycles. The molecule has 5 rings (SSSR count). The van der Waals surface area contributed by atoms with Crippen LogP contribution in [0.4, 0.5) is 5.69 Å². The first-order valence-electron chi connectivity index (χ1n) is 11.8. The minimum absolute atomic E-state index is 0.110. The molecule has 0 aromatic heterocycles. The van der Waals surface area contributed by atoms with E-state index < -0.39 is 11.9 Å². The number of fused-ring (bicyclic) bond motifs is 1. The second-order valence-electron chi connectivity index (χ2n) is 8.36. The summed E-state index contributed by atoms with van der Waals surface area (Å²) in [5, 5.41) is 6.81. The molecule has 11 heteroatoms. The van der Waals surface area contributed by atoms with Gasteiger partial charge in [0.1, 0.15) is 0 Å². The minimum atomic E-state index is -0.540. The van der Waals surface area contributed by atoms with Gasteiger partial charge in [0.2, 0.25) is 6.79 Å². The molecule has 0 radical (unpaired) electrons. The van der Waals surface area contributed by atoms with Crippen LogP contribution in [0.1, 0.15) is 36.6 Å². The van der Waals surface area contributed by atoms with Crippen molar-refractivity contribution in [2.45, 2.75) is 0 Å². The molecular formula is C29H19Br2N3O6. The second-order valence-corrected chi connectivity index (χ2v) is 10.1. The van der Waals surface area contributed by atoms with Crippen LogP contribution in [0.15, 0.2) is 99.0 Å². The quantitative estimate of drug-likeness (QED) is 0.106. The van der Waals surface area contributed by atoms with Crippen LogP contribution in [0.5, 0.6) is 17.2 Å². The fraction of sp³-hybridized carbons (Fsp3) is 0.0345. The monoisotopic (exact) mass is 663 g/mol. The van der Waals surface area contributed by atoms with Crippen molar-refractivity contribution >= 4 is 61.5 Å². The Morgan fingerprint density at radius 3 is 2.38 bits per heavy atom. The Morgan fingerprint density at radius 2 is 1.55 bits per heavy atom. The Kier molecular flexibility index (Phi) is 8.23. The van der Waals surface area contributed by atoms with E-state index in [2.05, 4.69) is 47.7 Å². The Morgan fingerprint density at radius 1 is 0.800 bits per heavy atom. The lowest BCUT2D eigenvalue weighted by Gasteiger charge is -2.10. The Balaban J connectivity index is 1.26. The number of esters is 1. The number of hydrazone groups is 1. The third kappa shape index (κ3) is 6.38. The van der Waals surface area contributed by atoms with Crippen molar-refractivity contribution in [1.82, 2.24) is 5.43 Å². The number of anilines is 1. The summed E-state index contributed by atoms with van der Waals surface area (Å²) in [6.07, 6.45) is 1.37. The van der Waals surface area contributed by atoms with Gasteiger partial charge in [-0.2, -0.15) is 5.10 Å². The number of ether oxygens (including phenoxy) is 3. The van der Waals surface area contributed by atoms with E-state index in [1.165, 1.54) is 12.3 Å². The zero-order chi connectivity index (χ0) is 28.1. The molecule has 0 fully saturated rings. The molecule has 0 spiro atoms. The molecule has 0 saturated heterocycles. The number of hydrogen-bond acceptors (Lipinski definition) is 7. The summed E-state index contributed by atoms with van der Waals surface area (Å²) >= 11 is 6.82. The van der Waals surface area contributed by atoms with Crippen molar-refractivity contribution < 1.29 is 28.6 Å². The van der Waals surface area contributed by atoms with Crippen LogP contribution in [-0.2, 0) is 0 Å². The zero-order valence-corrected chi connectivity index (χ0v) is 23.7. The molecule has 1 aliphatic heterocycles. The highest BCUT2D eigenvalue weighted by molar-refractivity contribution is 9.11. The van der Waals surface area contributed by atoms with E-state index in [0.717, 1.165) is 0 Å². The van der Waals surface area contributed by atoms with Gasteiger partial charge >= 0.3 is 5.97 Å². The third-order valence-electron chi connectivity index (χ3n) is 5.63. The number of halogens is 2. The Labute approximate surface area is 245 Å². The van der Waals surface area contributed by atoms with Crippen LogP contribution in [0.3, 0.4) is 0 Å². The fourth-order valence-electron chi connectivity index (χ4n) is 3.71. The van der Waals surface area contributed by atoms with Crippen molar-refractivity contribution in [2.75, 3.05) is 12.1 Å². The normalized spacial score (nSPS) is 11.8. The molecular weight excluding hydrogens is 646 g/mol. The number of benzene rings is 4. The summed E-state index contributed by atoms with van der Waals surface area (Å²) in [4.78, 5) is 38.1. The molecule has 0 aliphatic carbocycles. The third-order valence-corrected chi connectivity index (χ3v) is 6.68. The van der Waals surface area contributed by atoms with Crippen LogP contribution in [0, 0.1) is 0 Å². The number of hydrogen-bond donors (Lipinski definition) is 2. The van der Waals surface area contributed by atoms with Gasteiger partial charge in [-0.05, 0) is 76.6 Å². The highest BCUT2D eigenvalue weighted by atomic mass is 79.9. The molecule has 40 heavy (non-hydrogen) atoms. The largest absolute Gasteiger partial charge is 0.454 e. The van der Waals surface area contributed by atoms with Crippen LogP contribution >= 0.6 is 31.9 Å². The lowest BCUT2D eigenvalue weighted by Crippen LogP contribution is -2.18. The van der Waals surface area contributed by atoms with Crippen molar-refractivity contribution in [2.24, 2.45) is 5.10 Å². The van der Waals surface area contributed by atoms with E-state index in [0.29, 0.717) is 42.8 Å². The summed E-state index contributed by atoms with van der Waals surface area (Å²) in [5.74, 6) is -0.106. The predicted molar refractivity (Wildman–Crippen MR) is 155 cm³/mol. The summed E-state index contributed by atoms with van der Waals surface area (Å²) in [5.41, 5.74) is 4.36. The molecule has 0 bridgehead atoms. The van der Waals surface area contributed by atoms with Gasteiger partial charge < -0.3 is 19.5 Å². The summed E-state index contributed by atoms with van der Waals surface area (Å²) < 4.78 is 17.4. The molecule has 2 amide bonds. The van der Waals surface area contributed by atoms with Gasteiger partial charge in [0.15, 0.2) is 17.2 Å². The number of nitrogens with one attached hydrogen (secondary N) is 2.